The van der Waals surface area contributed by atoms with Crippen LogP contribution in [0, 0.1) is 0 Å². The molecule has 0 aliphatic carbocycles. The van der Waals surface area contributed by atoms with Crippen LogP contribution in [0.3, 0.4) is 0 Å². The van der Waals surface area contributed by atoms with E-state index in [0.717, 1.165) is 17.7 Å². The molecule has 2 aromatic rings. The van der Waals surface area contributed by atoms with Crippen molar-refractivity contribution in [2.45, 2.75) is 13.0 Å². The zero-order valence-corrected chi connectivity index (χ0v) is 11.1. The molecule has 108 valence electrons. The molecule has 0 bridgehead atoms. The summed E-state index contributed by atoms with van der Waals surface area (Å²) in [4.78, 5) is 12.3. The number of fused-ring (bicyclic) bond motifs is 2. The molecule has 1 aromatic carbocycles. The standard InChI is InChI=1S/C14H13N3O4/c18-14(13-9-6-19-4-3-10(9)16-17-13)15-8-1-2-11-12(5-8)21-7-20-11/h1-2,5H,3-4,6-7H2,(H,15,18)(H,16,17). The summed E-state index contributed by atoms with van der Waals surface area (Å²) in [7, 11) is 0. The summed E-state index contributed by atoms with van der Waals surface area (Å²) in [5.41, 5.74) is 2.82. The maximum absolute atomic E-state index is 12.3. The summed E-state index contributed by atoms with van der Waals surface area (Å²) in [6.07, 6.45) is 0.750. The highest BCUT2D eigenvalue weighted by atomic mass is 16.7. The Balaban J connectivity index is 1.57. The van der Waals surface area contributed by atoms with Gasteiger partial charge in [0.1, 0.15) is 0 Å². The van der Waals surface area contributed by atoms with Crippen LogP contribution in [0.25, 0.3) is 0 Å². The summed E-state index contributed by atoms with van der Waals surface area (Å²) < 4.78 is 15.9. The monoisotopic (exact) mass is 287 g/mol. The third-order valence-corrected chi connectivity index (χ3v) is 3.54. The van der Waals surface area contributed by atoms with Crippen LogP contribution in [-0.2, 0) is 17.8 Å². The smallest absolute Gasteiger partial charge is 0.276 e. The molecule has 0 unspecified atom stereocenters. The van der Waals surface area contributed by atoms with Crippen molar-refractivity contribution in [1.82, 2.24) is 10.2 Å². The second-order valence-corrected chi connectivity index (χ2v) is 4.85. The Morgan fingerprint density at radius 1 is 1.29 bits per heavy atom. The Kier molecular flexibility index (Phi) is 2.78. The van der Waals surface area contributed by atoms with Gasteiger partial charge in [0.2, 0.25) is 6.79 Å². The number of aromatic amines is 1. The summed E-state index contributed by atoms with van der Waals surface area (Å²) in [6.45, 7) is 1.27. The molecule has 7 heteroatoms. The van der Waals surface area contributed by atoms with Gasteiger partial charge in [-0.1, -0.05) is 0 Å². The number of nitrogens with one attached hydrogen (secondary N) is 2. The molecule has 3 heterocycles. The van der Waals surface area contributed by atoms with Gasteiger partial charge < -0.3 is 19.5 Å². The van der Waals surface area contributed by atoms with Crippen molar-refractivity contribution in [1.29, 1.82) is 0 Å². The fourth-order valence-electron chi connectivity index (χ4n) is 2.46. The van der Waals surface area contributed by atoms with E-state index in [0.29, 0.717) is 36.1 Å². The van der Waals surface area contributed by atoms with E-state index in [2.05, 4.69) is 15.5 Å². The van der Waals surface area contributed by atoms with Crippen molar-refractivity contribution in [2.24, 2.45) is 0 Å². The molecule has 21 heavy (non-hydrogen) atoms. The number of benzene rings is 1. The third-order valence-electron chi connectivity index (χ3n) is 3.54. The third kappa shape index (κ3) is 2.11. The van der Waals surface area contributed by atoms with E-state index in [1.54, 1.807) is 18.2 Å². The highest BCUT2D eigenvalue weighted by Crippen LogP contribution is 2.34. The lowest BCUT2D eigenvalue weighted by Gasteiger charge is -2.12. The van der Waals surface area contributed by atoms with Crippen molar-refractivity contribution in [3.05, 3.63) is 35.2 Å². The first-order valence-corrected chi connectivity index (χ1v) is 6.66. The minimum Gasteiger partial charge on any atom is -0.454 e. The summed E-state index contributed by atoms with van der Waals surface area (Å²) >= 11 is 0. The fourth-order valence-corrected chi connectivity index (χ4v) is 2.46. The predicted molar refractivity (Wildman–Crippen MR) is 72.5 cm³/mol. The van der Waals surface area contributed by atoms with Gasteiger partial charge >= 0.3 is 0 Å². The largest absolute Gasteiger partial charge is 0.454 e. The van der Waals surface area contributed by atoms with Crippen molar-refractivity contribution in [2.75, 3.05) is 18.7 Å². The van der Waals surface area contributed by atoms with Crippen LogP contribution in [0.2, 0.25) is 0 Å². The van der Waals surface area contributed by atoms with E-state index in [-0.39, 0.29) is 12.7 Å². The van der Waals surface area contributed by atoms with Gasteiger partial charge in [-0.05, 0) is 12.1 Å². The maximum Gasteiger partial charge on any atom is 0.276 e. The first kappa shape index (κ1) is 12.2. The van der Waals surface area contributed by atoms with E-state index in [4.69, 9.17) is 14.2 Å². The molecule has 2 N–H and O–H groups in total. The molecular weight excluding hydrogens is 274 g/mol. The number of rotatable bonds is 2. The quantitative estimate of drug-likeness (QED) is 0.873. The summed E-state index contributed by atoms with van der Waals surface area (Å²) in [5.74, 6) is 1.04. The molecule has 7 nitrogen and oxygen atoms in total. The number of carbonyl (C=O) groups is 1. The highest BCUT2D eigenvalue weighted by molar-refractivity contribution is 6.04. The number of ether oxygens (including phenoxy) is 3. The Morgan fingerprint density at radius 3 is 3.14 bits per heavy atom. The molecule has 2 aliphatic rings. The van der Waals surface area contributed by atoms with Crippen LogP contribution in [0.5, 0.6) is 11.5 Å². The van der Waals surface area contributed by atoms with Gasteiger partial charge in [-0.15, -0.1) is 0 Å². The predicted octanol–water partition coefficient (Wildman–Crippen LogP) is 1.46. The number of hydrogen-bond acceptors (Lipinski definition) is 5. The average molecular weight is 287 g/mol. The number of H-pyrrole nitrogens is 1. The van der Waals surface area contributed by atoms with Crippen molar-refractivity contribution >= 4 is 11.6 Å². The van der Waals surface area contributed by atoms with E-state index in [1.807, 2.05) is 0 Å². The zero-order valence-electron chi connectivity index (χ0n) is 11.1. The van der Waals surface area contributed by atoms with E-state index >= 15 is 0 Å². The molecule has 1 aromatic heterocycles. The second-order valence-electron chi connectivity index (χ2n) is 4.85. The molecule has 2 aliphatic heterocycles. The molecule has 0 atom stereocenters. The van der Waals surface area contributed by atoms with Crippen molar-refractivity contribution in [3.8, 4) is 11.5 Å². The van der Waals surface area contributed by atoms with Gasteiger partial charge in [0.05, 0.1) is 13.2 Å². The van der Waals surface area contributed by atoms with Gasteiger partial charge in [0.25, 0.3) is 5.91 Å². The SMILES string of the molecule is O=C(Nc1ccc2c(c1)OCO2)c1n[nH]c2c1COCC2. The fraction of sp³-hybridized carbons (Fsp3) is 0.286. The number of aromatic nitrogens is 2. The first-order valence-electron chi connectivity index (χ1n) is 6.66. The number of nitrogens with zero attached hydrogens (tertiary/aromatic N) is 1. The highest BCUT2D eigenvalue weighted by Gasteiger charge is 2.22. The van der Waals surface area contributed by atoms with Crippen LogP contribution in [-0.4, -0.2) is 29.5 Å². The van der Waals surface area contributed by atoms with E-state index < -0.39 is 0 Å². The number of amides is 1. The van der Waals surface area contributed by atoms with Crippen LogP contribution >= 0.6 is 0 Å². The number of hydrogen-bond donors (Lipinski definition) is 2. The molecule has 0 saturated heterocycles. The van der Waals surface area contributed by atoms with E-state index in [1.165, 1.54) is 0 Å². The summed E-state index contributed by atoms with van der Waals surface area (Å²) in [6, 6.07) is 5.26. The normalized spacial score (nSPS) is 15.6. The van der Waals surface area contributed by atoms with Gasteiger partial charge in [-0.3, -0.25) is 9.89 Å². The molecule has 0 radical (unpaired) electrons. The molecule has 4 rings (SSSR count). The van der Waals surface area contributed by atoms with E-state index in [9.17, 15) is 4.79 Å². The minimum atomic E-state index is -0.267. The number of anilines is 1. The topological polar surface area (TPSA) is 85.5 Å². The lowest BCUT2D eigenvalue weighted by molar-refractivity contribution is 0.0985. The van der Waals surface area contributed by atoms with Gasteiger partial charge in [-0.2, -0.15) is 5.10 Å². The van der Waals surface area contributed by atoms with Crippen molar-refractivity contribution in [3.63, 3.8) is 0 Å². The van der Waals surface area contributed by atoms with Crippen LogP contribution in [0.15, 0.2) is 18.2 Å². The Hall–Kier alpha value is -2.54. The Bertz CT molecular complexity index is 710. The van der Waals surface area contributed by atoms with Crippen LogP contribution < -0.4 is 14.8 Å². The minimum absolute atomic E-state index is 0.205. The maximum atomic E-state index is 12.3. The van der Waals surface area contributed by atoms with Gasteiger partial charge in [0.15, 0.2) is 17.2 Å². The molecule has 1 amide bonds. The first-order chi connectivity index (χ1) is 10.3. The van der Waals surface area contributed by atoms with Crippen LogP contribution in [0.1, 0.15) is 21.7 Å². The second kappa shape index (κ2) is 4.78. The lowest BCUT2D eigenvalue weighted by Crippen LogP contribution is -2.17. The molecule has 0 fully saturated rings. The Morgan fingerprint density at radius 2 is 2.19 bits per heavy atom. The number of carbonyl (C=O) groups excluding carboxylic acids is 1. The van der Waals surface area contributed by atoms with Crippen molar-refractivity contribution < 1.29 is 19.0 Å². The molecule has 0 spiro atoms. The summed E-state index contributed by atoms with van der Waals surface area (Å²) in [5, 5.41) is 9.80. The van der Waals surface area contributed by atoms with Gasteiger partial charge in [0, 0.05) is 29.4 Å². The average Bonchev–Trinajstić information content (AvgIpc) is 3.13. The zero-order chi connectivity index (χ0) is 14.2. The lowest BCUT2D eigenvalue weighted by atomic mass is 10.1. The Labute approximate surface area is 120 Å². The molecule has 0 saturated carbocycles. The van der Waals surface area contributed by atoms with Crippen LogP contribution in [0.4, 0.5) is 5.69 Å². The molecular formula is C14H13N3O4. The van der Waals surface area contributed by atoms with Gasteiger partial charge in [-0.25, -0.2) is 0 Å².